The summed E-state index contributed by atoms with van der Waals surface area (Å²) in [5, 5.41) is 6.37. The highest BCUT2D eigenvalue weighted by Crippen LogP contribution is 2.23. The van der Waals surface area contributed by atoms with Crippen LogP contribution in [-0.2, 0) is 4.79 Å². The molecular formula is C11H22N2O. The molecule has 2 N–H and O–H groups in total. The minimum Gasteiger partial charge on any atom is -0.354 e. The normalized spacial score (nSPS) is 33.5. The van der Waals surface area contributed by atoms with Crippen molar-refractivity contribution in [3.05, 3.63) is 0 Å². The molecule has 0 saturated heterocycles. The predicted molar refractivity (Wildman–Crippen MR) is 58.1 cm³/mol. The maximum Gasteiger partial charge on any atom is 0.217 e. The fourth-order valence-electron chi connectivity index (χ4n) is 2.39. The van der Waals surface area contributed by atoms with Gasteiger partial charge in [0, 0.05) is 19.0 Å². The van der Waals surface area contributed by atoms with Gasteiger partial charge in [0.15, 0.2) is 0 Å². The average Bonchev–Trinajstić information content (AvgIpc) is 2.26. The maximum atomic E-state index is 11.0. The van der Waals surface area contributed by atoms with E-state index in [-0.39, 0.29) is 5.91 Å². The van der Waals surface area contributed by atoms with Gasteiger partial charge >= 0.3 is 0 Å². The molecule has 0 heterocycles. The van der Waals surface area contributed by atoms with Crippen LogP contribution in [0.3, 0.4) is 0 Å². The van der Waals surface area contributed by atoms with Crippen LogP contribution in [0, 0.1) is 5.92 Å². The Balaban J connectivity index is 2.44. The van der Waals surface area contributed by atoms with Crippen LogP contribution in [0.5, 0.6) is 0 Å². The average molecular weight is 198 g/mol. The lowest BCUT2D eigenvalue weighted by molar-refractivity contribution is -0.119. The molecular weight excluding hydrogens is 176 g/mol. The van der Waals surface area contributed by atoms with Crippen molar-refractivity contribution in [3.63, 3.8) is 0 Å². The highest BCUT2D eigenvalue weighted by atomic mass is 16.1. The van der Waals surface area contributed by atoms with Crippen LogP contribution in [0.1, 0.15) is 39.5 Å². The van der Waals surface area contributed by atoms with E-state index in [2.05, 4.69) is 17.6 Å². The number of carbonyl (C=O) groups excluding carboxylic acids is 1. The molecule has 3 atom stereocenters. The zero-order chi connectivity index (χ0) is 10.6. The molecule has 1 saturated carbocycles. The Morgan fingerprint density at radius 1 is 1.21 bits per heavy atom. The largest absolute Gasteiger partial charge is 0.354 e. The Hall–Kier alpha value is -0.570. The topological polar surface area (TPSA) is 41.1 Å². The van der Waals surface area contributed by atoms with Crippen molar-refractivity contribution in [1.82, 2.24) is 10.6 Å². The minimum absolute atomic E-state index is 0.102. The van der Waals surface area contributed by atoms with Crippen LogP contribution < -0.4 is 10.6 Å². The van der Waals surface area contributed by atoms with Crippen LogP contribution in [0.15, 0.2) is 0 Å². The second kappa shape index (κ2) is 5.35. The third-order valence-corrected chi connectivity index (χ3v) is 3.05. The first-order chi connectivity index (χ1) is 6.61. The Morgan fingerprint density at radius 2 is 1.79 bits per heavy atom. The first-order valence-corrected chi connectivity index (χ1v) is 5.56. The molecule has 1 fully saturated rings. The molecule has 3 nitrogen and oxygen atoms in total. The number of rotatable bonds is 2. The maximum absolute atomic E-state index is 11.0. The van der Waals surface area contributed by atoms with Gasteiger partial charge in [-0.15, -0.1) is 0 Å². The summed E-state index contributed by atoms with van der Waals surface area (Å²) in [5.41, 5.74) is 0. The summed E-state index contributed by atoms with van der Waals surface area (Å²) < 4.78 is 0. The van der Waals surface area contributed by atoms with Crippen molar-refractivity contribution >= 4 is 5.91 Å². The molecule has 3 unspecified atom stereocenters. The monoisotopic (exact) mass is 198 g/mol. The fourth-order valence-corrected chi connectivity index (χ4v) is 2.39. The molecule has 0 aromatic heterocycles. The third kappa shape index (κ3) is 3.66. The molecule has 1 rings (SSSR count). The van der Waals surface area contributed by atoms with Gasteiger partial charge in [0.05, 0.1) is 0 Å². The zero-order valence-corrected chi connectivity index (χ0v) is 9.47. The lowest BCUT2D eigenvalue weighted by Gasteiger charge is -2.17. The van der Waals surface area contributed by atoms with Gasteiger partial charge in [-0.3, -0.25) is 4.79 Å². The molecule has 1 aliphatic rings. The smallest absolute Gasteiger partial charge is 0.217 e. The highest BCUT2D eigenvalue weighted by Gasteiger charge is 2.22. The van der Waals surface area contributed by atoms with Crippen LogP contribution in [0.25, 0.3) is 0 Å². The predicted octanol–water partition coefficient (Wildman–Crippen LogP) is 1.29. The number of amides is 1. The summed E-state index contributed by atoms with van der Waals surface area (Å²) in [6.45, 7) is 3.87. The summed E-state index contributed by atoms with van der Waals surface area (Å²) >= 11 is 0. The van der Waals surface area contributed by atoms with Crippen LogP contribution in [0.4, 0.5) is 0 Å². The standard InChI is InChI=1S/C11H22N2O/c1-8-6-10(12-3)4-5-11(7-8)13-9(2)14/h8,10-12H,4-7H2,1-3H3,(H,13,14). The molecule has 1 amide bonds. The van der Waals surface area contributed by atoms with E-state index in [4.69, 9.17) is 0 Å². The molecule has 0 spiro atoms. The summed E-state index contributed by atoms with van der Waals surface area (Å²) in [6, 6.07) is 1.02. The Kier molecular flexibility index (Phi) is 4.39. The van der Waals surface area contributed by atoms with E-state index in [9.17, 15) is 4.79 Å². The molecule has 0 aromatic carbocycles. The van der Waals surface area contributed by atoms with E-state index in [1.165, 1.54) is 12.8 Å². The Bertz CT molecular complexity index is 194. The summed E-state index contributed by atoms with van der Waals surface area (Å²) in [6.07, 6.45) is 4.63. The molecule has 0 radical (unpaired) electrons. The lowest BCUT2D eigenvalue weighted by Crippen LogP contribution is -2.33. The first-order valence-electron chi connectivity index (χ1n) is 5.56. The lowest BCUT2D eigenvalue weighted by atomic mass is 9.99. The van der Waals surface area contributed by atoms with Crippen molar-refractivity contribution < 1.29 is 4.79 Å². The third-order valence-electron chi connectivity index (χ3n) is 3.05. The SMILES string of the molecule is CNC1CCC(NC(C)=O)CC(C)C1. The molecule has 0 aliphatic heterocycles. The van der Waals surface area contributed by atoms with E-state index >= 15 is 0 Å². The van der Waals surface area contributed by atoms with Gasteiger partial charge in [-0.05, 0) is 38.6 Å². The molecule has 0 bridgehead atoms. The number of nitrogens with one attached hydrogen (secondary N) is 2. The van der Waals surface area contributed by atoms with Gasteiger partial charge in [-0.2, -0.15) is 0 Å². The van der Waals surface area contributed by atoms with Gasteiger partial charge < -0.3 is 10.6 Å². The van der Waals surface area contributed by atoms with E-state index in [1.54, 1.807) is 6.92 Å². The van der Waals surface area contributed by atoms with E-state index < -0.39 is 0 Å². The van der Waals surface area contributed by atoms with E-state index in [0.717, 1.165) is 12.8 Å². The Labute approximate surface area is 86.6 Å². The van der Waals surface area contributed by atoms with Crippen LogP contribution >= 0.6 is 0 Å². The van der Waals surface area contributed by atoms with Gasteiger partial charge in [-0.1, -0.05) is 6.92 Å². The zero-order valence-electron chi connectivity index (χ0n) is 9.47. The van der Waals surface area contributed by atoms with Crippen molar-refractivity contribution in [1.29, 1.82) is 0 Å². The van der Waals surface area contributed by atoms with Crippen LogP contribution in [0.2, 0.25) is 0 Å². The number of hydrogen-bond acceptors (Lipinski definition) is 2. The summed E-state index contributed by atoms with van der Waals surface area (Å²) in [4.78, 5) is 11.0. The number of hydrogen-bond donors (Lipinski definition) is 2. The first kappa shape index (κ1) is 11.5. The minimum atomic E-state index is 0.102. The van der Waals surface area contributed by atoms with Crippen molar-refractivity contribution in [2.24, 2.45) is 5.92 Å². The van der Waals surface area contributed by atoms with Crippen molar-refractivity contribution in [2.45, 2.75) is 51.6 Å². The summed E-state index contributed by atoms with van der Waals surface area (Å²) in [5.74, 6) is 0.803. The van der Waals surface area contributed by atoms with Crippen molar-refractivity contribution in [3.8, 4) is 0 Å². The van der Waals surface area contributed by atoms with Gasteiger partial charge in [0.1, 0.15) is 0 Å². The molecule has 82 valence electrons. The highest BCUT2D eigenvalue weighted by molar-refractivity contribution is 5.73. The van der Waals surface area contributed by atoms with Gasteiger partial charge in [-0.25, -0.2) is 0 Å². The molecule has 14 heavy (non-hydrogen) atoms. The fraction of sp³-hybridized carbons (Fsp3) is 0.909. The second-order valence-corrected chi connectivity index (χ2v) is 4.54. The van der Waals surface area contributed by atoms with Gasteiger partial charge in [0.2, 0.25) is 5.91 Å². The second-order valence-electron chi connectivity index (χ2n) is 4.54. The molecule has 3 heteroatoms. The quantitative estimate of drug-likeness (QED) is 0.656. The van der Waals surface area contributed by atoms with Gasteiger partial charge in [0.25, 0.3) is 0 Å². The van der Waals surface area contributed by atoms with Crippen molar-refractivity contribution in [2.75, 3.05) is 7.05 Å². The molecule has 0 aromatic rings. The van der Waals surface area contributed by atoms with Crippen LogP contribution in [-0.4, -0.2) is 25.0 Å². The number of carbonyl (C=O) groups is 1. The Morgan fingerprint density at radius 3 is 2.36 bits per heavy atom. The van der Waals surface area contributed by atoms with E-state index in [0.29, 0.717) is 18.0 Å². The summed E-state index contributed by atoms with van der Waals surface area (Å²) in [7, 11) is 2.02. The van der Waals surface area contributed by atoms with E-state index in [1.807, 2.05) is 7.05 Å². The molecule has 1 aliphatic carbocycles.